The molecule has 0 aromatic heterocycles. The average Bonchev–Trinajstić information content (AvgIpc) is 2.72. The van der Waals surface area contributed by atoms with Gasteiger partial charge in [-0.2, -0.15) is 0 Å². The number of aliphatic hydroxyl groups excluding tert-OH is 1. The van der Waals surface area contributed by atoms with E-state index in [1.165, 1.54) is 0 Å². The molecule has 0 aromatic carbocycles. The number of rotatable bonds is 16. The highest BCUT2D eigenvalue weighted by molar-refractivity contribution is 5.94. The van der Waals surface area contributed by atoms with Crippen molar-refractivity contribution < 1.29 is 39.3 Å². The Bertz CT molecular complexity index is 658. The standard InChI is InChI=1S/C19H35N5O8/c1-10(2)15(21)18(30)24-13(9-25)17(29)22-11(5-3-4-8-20)16(28)23-12(19(31)32)6-7-14(26)27/h10-13,15,25H,3-9,20-21H2,1-2H3,(H,22,29)(H,23,28)(H,24,30)(H,26,27)(H,31,32). The van der Waals surface area contributed by atoms with Crippen LogP contribution >= 0.6 is 0 Å². The van der Waals surface area contributed by atoms with Crippen LogP contribution in [0.5, 0.6) is 0 Å². The van der Waals surface area contributed by atoms with Crippen molar-refractivity contribution >= 4 is 29.7 Å². The second kappa shape index (κ2) is 15.1. The highest BCUT2D eigenvalue weighted by atomic mass is 16.4. The van der Waals surface area contributed by atoms with Gasteiger partial charge in [0.2, 0.25) is 17.7 Å². The summed E-state index contributed by atoms with van der Waals surface area (Å²) in [6, 6.07) is -4.94. The van der Waals surface area contributed by atoms with Gasteiger partial charge in [-0.1, -0.05) is 13.8 Å². The maximum Gasteiger partial charge on any atom is 0.326 e. The van der Waals surface area contributed by atoms with Crippen LogP contribution in [-0.2, 0) is 24.0 Å². The number of carboxylic acid groups (broad SMARTS) is 2. The van der Waals surface area contributed by atoms with Crippen LogP contribution < -0.4 is 27.4 Å². The van der Waals surface area contributed by atoms with Crippen molar-refractivity contribution in [3.8, 4) is 0 Å². The number of hydrogen-bond acceptors (Lipinski definition) is 8. The third-order valence-corrected chi connectivity index (χ3v) is 4.68. The van der Waals surface area contributed by atoms with E-state index in [1.54, 1.807) is 13.8 Å². The summed E-state index contributed by atoms with van der Waals surface area (Å²) in [5, 5.41) is 34.4. The summed E-state index contributed by atoms with van der Waals surface area (Å²) in [5.74, 6) is -5.21. The predicted molar refractivity (Wildman–Crippen MR) is 113 cm³/mol. The SMILES string of the molecule is CC(C)C(N)C(=O)NC(CO)C(=O)NC(CCCCN)C(=O)NC(CCC(=O)O)C(=O)O. The van der Waals surface area contributed by atoms with Gasteiger partial charge in [-0.3, -0.25) is 19.2 Å². The van der Waals surface area contributed by atoms with Crippen molar-refractivity contribution in [2.24, 2.45) is 17.4 Å². The number of carboxylic acids is 2. The van der Waals surface area contributed by atoms with Crippen LogP contribution in [0.4, 0.5) is 0 Å². The predicted octanol–water partition coefficient (Wildman–Crippen LogP) is -2.51. The Labute approximate surface area is 186 Å². The molecule has 13 nitrogen and oxygen atoms in total. The lowest BCUT2D eigenvalue weighted by atomic mass is 10.0. The molecular formula is C19H35N5O8. The molecule has 10 N–H and O–H groups in total. The molecule has 0 aliphatic heterocycles. The number of aliphatic carboxylic acids is 2. The Morgan fingerprint density at radius 1 is 0.812 bits per heavy atom. The van der Waals surface area contributed by atoms with Crippen molar-refractivity contribution in [1.82, 2.24) is 16.0 Å². The molecule has 0 bridgehead atoms. The fourth-order valence-electron chi connectivity index (χ4n) is 2.60. The minimum Gasteiger partial charge on any atom is -0.481 e. The number of carbonyl (C=O) groups excluding carboxylic acids is 3. The first-order chi connectivity index (χ1) is 14.9. The van der Waals surface area contributed by atoms with Gasteiger partial charge < -0.3 is 42.7 Å². The average molecular weight is 462 g/mol. The van der Waals surface area contributed by atoms with Crippen LogP contribution in [0.2, 0.25) is 0 Å². The smallest absolute Gasteiger partial charge is 0.326 e. The van der Waals surface area contributed by atoms with Gasteiger partial charge in [-0.15, -0.1) is 0 Å². The van der Waals surface area contributed by atoms with Crippen molar-refractivity contribution in [2.75, 3.05) is 13.2 Å². The van der Waals surface area contributed by atoms with E-state index in [-0.39, 0.29) is 18.8 Å². The first kappa shape index (κ1) is 29.2. The van der Waals surface area contributed by atoms with Crippen LogP contribution in [0, 0.1) is 5.92 Å². The highest BCUT2D eigenvalue weighted by Crippen LogP contribution is 2.05. The molecule has 0 heterocycles. The summed E-state index contributed by atoms with van der Waals surface area (Å²) in [6.45, 7) is 3.00. The van der Waals surface area contributed by atoms with Gasteiger partial charge in [-0.25, -0.2) is 4.79 Å². The van der Waals surface area contributed by atoms with E-state index in [0.717, 1.165) is 0 Å². The molecule has 0 radical (unpaired) electrons. The van der Waals surface area contributed by atoms with Crippen LogP contribution in [0.25, 0.3) is 0 Å². The summed E-state index contributed by atoms with van der Waals surface area (Å²) in [7, 11) is 0. The molecule has 184 valence electrons. The topological polar surface area (TPSA) is 234 Å². The minimum absolute atomic E-state index is 0.109. The molecule has 13 heteroatoms. The van der Waals surface area contributed by atoms with Crippen molar-refractivity contribution in [2.45, 2.75) is 70.1 Å². The zero-order chi connectivity index (χ0) is 24.8. The quantitative estimate of drug-likeness (QED) is 0.112. The zero-order valence-corrected chi connectivity index (χ0v) is 18.4. The molecular weight excluding hydrogens is 426 g/mol. The molecule has 0 saturated heterocycles. The Morgan fingerprint density at radius 2 is 1.34 bits per heavy atom. The highest BCUT2D eigenvalue weighted by Gasteiger charge is 2.30. The lowest BCUT2D eigenvalue weighted by Crippen LogP contribution is -2.58. The first-order valence-corrected chi connectivity index (χ1v) is 10.4. The van der Waals surface area contributed by atoms with Gasteiger partial charge in [0, 0.05) is 6.42 Å². The van der Waals surface area contributed by atoms with Crippen molar-refractivity contribution in [3.63, 3.8) is 0 Å². The fraction of sp³-hybridized carbons (Fsp3) is 0.737. The molecule has 4 unspecified atom stereocenters. The molecule has 3 amide bonds. The van der Waals surface area contributed by atoms with E-state index >= 15 is 0 Å². The second-order valence-corrected chi connectivity index (χ2v) is 7.69. The Hall–Kier alpha value is -2.77. The van der Waals surface area contributed by atoms with E-state index in [4.69, 9.17) is 16.6 Å². The summed E-state index contributed by atoms with van der Waals surface area (Å²) >= 11 is 0. The molecule has 0 saturated carbocycles. The van der Waals surface area contributed by atoms with Crippen LogP contribution in [0.3, 0.4) is 0 Å². The Kier molecular flexibility index (Phi) is 13.8. The number of carbonyl (C=O) groups is 5. The van der Waals surface area contributed by atoms with Crippen LogP contribution in [0.15, 0.2) is 0 Å². The maximum absolute atomic E-state index is 12.6. The van der Waals surface area contributed by atoms with Gasteiger partial charge in [0.25, 0.3) is 0 Å². The monoisotopic (exact) mass is 461 g/mol. The van der Waals surface area contributed by atoms with Crippen molar-refractivity contribution in [3.05, 3.63) is 0 Å². The number of nitrogens with two attached hydrogens (primary N) is 2. The third-order valence-electron chi connectivity index (χ3n) is 4.68. The largest absolute Gasteiger partial charge is 0.481 e. The number of nitrogens with one attached hydrogen (secondary N) is 3. The van der Waals surface area contributed by atoms with Gasteiger partial charge in [-0.05, 0) is 38.1 Å². The molecule has 0 spiro atoms. The second-order valence-electron chi connectivity index (χ2n) is 7.69. The number of amides is 3. The fourth-order valence-corrected chi connectivity index (χ4v) is 2.60. The van der Waals surface area contributed by atoms with E-state index in [0.29, 0.717) is 19.4 Å². The molecule has 0 aromatic rings. The lowest BCUT2D eigenvalue weighted by Gasteiger charge is -2.25. The molecule has 0 aliphatic carbocycles. The summed E-state index contributed by atoms with van der Waals surface area (Å²) in [4.78, 5) is 59.3. The van der Waals surface area contributed by atoms with Gasteiger partial charge in [0.15, 0.2) is 0 Å². The summed E-state index contributed by atoms with van der Waals surface area (Å²) in [6.07, 6.45) is 0.247. The Morgan fingerprint density at radius 3 is 1.81 bits per heavy atom. The zero-order valence-electron chi connectivity index (χ0n) is 18.4. The lowest BCUT2D eigenvalue weighted by molar-refractivity contribution is -0.143. The number of unbranched alkanes of at least 4 members (excludes halogenated alkanes) is 1. The molecule has 32 heavy (non-hydrogen) atoms. The minimum atomic E-state index is -1.47. The van der Waals surface area contributed by atoms with Crippen LogP contribution in [0.1, 0.15) is 46.0 Å². The summed E-state index contributed by atoms with van der Waals surface area (Å²) in [5.41, 5.74) is 11.2. The first-order valence-electron chi connectivity index (χ1n) is 10.4. The Balaban J connectivity index is 5.30. The molecule has 0 rings (SSSR count). The van der Waals surface area contributed by atoms with E-state index in [9.17, 15) is 34.2 Å². The van der Waals surface area contributed by atoms with Gasteiger partial charge in [0.05, 0.1) is 12.6 Å². The number of aliphatic hydroxyl groups is 1. The molecule has 4 atom stereocenters. The number of hydrogen-bond donors (Lipinski definition) is 8. The third kappa shape index (κ3) is 11.0. The normalized spacial score (nSPS) is 14.7. The van der Waals surface area contributed by atoms with E-state index in [1.807, 2.05) is 0 Å². The maximum atomic E-state index is 12.6. The van der Waals surface area contributed by atoms with Gasteiger partial charge >= 0.3 is 11.9 Å². The summed E-state index contributed by atoms with van der Waals surface area (Å²) < 4.78 is 0. The molecule has 0 aliphatic rings. The van der Waals surface area contributed by atoms with Gasteiger partial charge in [0.1, 0.15) is 18.1 Å². The molecule has 0 fully saturated rings. The van der Waals surface area contributed by atoms with E-state index in [2.05, 4.69) is 16.0 Å². The van der Waals surface area contributed by atoms with Crippen molar-refractivity contribution in [1.29, 1.82) is 0 Å². The van der Waals surface area contributed by atoms with Crippen LogP contribution in [-0.4, -0.2) is 82.3 Å². The van der Waals surface area contributed by atoms with E-state index < -0.39 is 66.9 Å².